The number of carbonyl (C=O) groups excluding carboxylic acids is 2. The second-order valence-corrected chi connectivity index (χ2v) is 10.1. The third-order valence-electron chi connectivity index (χ3n) is 6.37. The molecule has 1 saturated heterocycles. The van der Waals surface area contributed by atoms with Gasteiger partial charge < -0.3 is 9.47 Å². The molecule has 6 nitrogen and oxygen atoms in total. The number of hydrogen-bond acceptors (Lipinski definition) is 5. The number of pyridine rings is 1. The Hall–Kier alpha value is -2.45. The van der Waals surface area contributed by atoms with E-state index in [9.17, 15) is 14.4 Å². The maximum absolute atomic E-state index is 12.5. The predicted octanol–water partition coefficient (Wildman–Crippen LogP) is 2.97. The molecule has 2 amide bonds. The fourth-order valence-electron chi connectivity index (χ4n) is 4.96. The van der Waals surface area contributed by atoms with E-state index in [1.54, 1.807) is 42.1 Å². The summed E-state index contributed by atoms with van der Waals surface area (Å²) in [5, 5.41) is 0. The van der Waals surface area contributed by atoms with Crippen molar-refractivity contribution >= 4 is 40.1 Å². The van der Waals surface area contributed by atoms with Gasteiger partial charge in [0.05, 0.1) is 11.1 Å². The zero-order valence-electron chi connectivity index (χ0n) is 17.0. The molecule has 3 aliphatic heterocycles. The Balaban J connectivity index is 1.14. The molecule has 4 heterocycles. The Kier molecular flexibility index (Phi) is 5.44. The Labute approximate surface area is 190 Å². The van der Waals surface area contributed by atoms with Crippen LogP contribution < -0.4 is 5.56 Å². The maximum Gasteiger partial charge on any atom is 0.261 e. The van der Waals surface area contributed by atoms with E-state index in [4.69, 9.17) is 12.2 Å². The SMILES string of the molecule is O=C1c2ccccc2C(=O)N1CCCSC(=S)N1C[C@@H]2C[C@@H](C1)c1cccc(=O)n1C2. The van der Waals surface area contributed by atoms with Crippen LogP contribution in [0.4, 0.5) is 0 Å². The minimum atomic E-state index is -0.203. The number of likely N-dealkylation sites (tertiary alicyclic amines) is 1. The first-order valence-electron chi connectivity index (χ1n) is 10.6. The van der Waals surface area contributed by atoms with E-state index in [1.807, 2.05) is 10.6 Å². The van der Waals surface area contributed by atoms with Crippen LogP contribution in [0.5, 0.6) is 0 Å². The second-order valence-electron chi connectivity index (χ2n) is 8.38. The Morgan fingerprint density at radius 3 is 2.45 bits per heavy atom. The fourth-order valence-corrected chi connectivity index (χ4v) is 6.14. The molecule has 8 heteroatoms. The lowest BCUT2D eigenvalue weighted by atomic mass is 9.83. The lowest BCUT2D eigenvalue weighted by molar-refractivity contribution is 0.0655. The molecule has 1 aromatic heterocycles. The average molecular weight is 454 g/mol. The quantitative estimate of drug-likeness (QED) is 0.403. The number of benzene rings is 1. The first-order chi connectivity index (χ1) is 15.0. The number of piperidine rings is 1. The maximum atomic E-state index is 12.5. The predicted molar refractivity (Wildman–Crippen MR) is 125 cm³/mol. The van der Waals surface area contributed by atoms with Gasteiger partial charge in [-0.3, -0.25) is 19.3 Å². The van der Waals surface area contributed by atoms with Crippen molar-refractivity contribution in [2.24, 2.45) is 5.92 Å². The van der Waals surface area contributed by atoms with Gasteiger partial charge in [0, 0.05) is 49.6 Å². The van der Waals surface area contributed by atoms with Gasteiger partial charge in [-0.25, -0.2) is 0 Å². The zero-order chi connectivity index (χ0) is 21.5. The summed E-state index contributed by atoms with van der Waals surface area (Å²) in [6, 6.07) is 12.5. The molecule has 3 aliphatic rings. The molecule has 1 aromatic carbocycles. The van der Waals surface area contributed by atoms with Crippen molar-refractivity contribution in [1.29, 1.82) is 0 Å². The van der Waals surface area contributed by atoms with Crippen molar-refractivity contribution in [3.05, 3.63) is 69.6 Å². The zero-order valence-corrected chi connectivity index (χ0v) is 18.7. The van der Waals surface area contributed by atoms with Crippen molar-refractivity contribution < 1.29 is 9.59 Å². The number of imide groups is 1. The summed E-state index contributed by atoms with van der Waals surface area (Å²) < 4.78 is 2.79. The summed E-state index contributed by atoms with van der Waals surface area (Å²) in [6.45, 7) is 2.88. The highest BCUT2D eigenvalue weighted by Gasteiger charge is 2.36. The normalized spacial score (nSPS) is 21.8. The molecule has 0 aliphatic carbocycles. The van der Waals surface area contributed by atoms with E-state index < -0.39 is 0 Å². The number of fused-ring (bicyclic) bond motifs is 5. The summed E-state index contributed by atoms with van der Waals surface area (Å²) in [4.78, 5) is 40.7. The first kappa shape index (κ1) is 20.5. The molecule has 160 valence electrons. The van der Waals surface area contributed by atoms with Gasteiger partial charge in [-0.15, -0.1) is 0 Å². The third-order valence-corrected chi connectivity index (χ3v) is 7.98. The number of amides is 2. The lowest BCUT2D eigenvalue weighted by Gasteiger charge is -2.43. The number of hydrogen-bond donors (Lipinski definition) is 0. The smallest absolute Gasteiger partial charge is 0.261 e. The van der Waals surface area contributed by atoms with Crippen LogP contribution in [0.15, 0.2) is 47.3 Å². The van der Waals surface area contributed by atoms with E-state index in [0.717, 1.165) is 41.8 Å². The molecule has 31 heavy (non-hydrogen) atoms. The van der Waals surface area contributed by atoms with E-state index in [0.29, 0.717) is 35.9 Å². The van der Waals surface area contributed by atoms with Gasteiger partial charge in [0.1, 0.15) is 4.32 Å². The number of thiocarbonyl (C=S) groups is 1. The highest BCUT2D eigenvalue weighted by atomic mass is 32.2. The monoisotopic (exact) mass is 453 g/mol. The topological polar surface area (TPSA) is 62.6 Å². The number of rotatable bonds is 4. The highest BCUT2D eigenvalue weighted by molar-refractivity contribution is 8.22. The Bertz CT molecular complexity index is 1090. The van der Waals surface area contributed by atoms with Crippen LogP contribution in [0.3, 0.4) is 0 Å². The van der Waals surface area contributed by atoms with Crippen LogP contribution >= 0.6 is 24.0 Å². The van der Waals surface area contributed by atoms with Crippen LogP contribution in [0.25, 0.3) is 0 Å². The lowest BCUT2D eigenvalue weighted by Crippen LogP contribution is -2.48. The van der Waals surface area contributed by atoms with Crippen molar-refractivity contribution in [2.75, 3.05) is 25.4 Å². The minimum Gasteiger partial charge on any atom is -0.357 e. The average Bonchev–Trinajstić information content (AvgIpc) is 3.02. The Morgan fingerprint density at radius 2 is 1.71 bits per heavy atom. The summed E-state index contributed by atoms with van der Waals surface area (Å²) >= 11 is 7.32. The van der Waals surface area contributed by atoms with Gasteiger partial charge >= 0.3 is 0 Å². The largest absolute Gasteiger partial charge is 0.357 e. The second kappa shape index (κ2) is 8.24. The molecule has 0 N–H and O–H groups in total. The van der Waals surface area contributed by atoms with Crippen LogP contribution in [0, 0.1) is 5.92 Å². The van der Waals surface area contributed by atoms with E-state index in [1.165, 1.54) is 4.90 Å². The van der Waals surface area contributed by atoms with Gasteiger partial charge in [0.15, 0.2) is 0 Å². The summed E-state index contributed by atoms with van der Waals surface area (Å²) in [7, 11) is 0. The van der Waals surface area contributed by atoms with Crippen LogP contribution in [-0.4, -0.2) is 55.9 Å². The molecule has 2 aromatic rings. The standard InChI is InChI=1S/C23H23N3O3S2/c27-20-8-3-7-19-16-11-15(13-26(19)20)12-24(14-16)23(30)31-10-4-9-25-21(28)17-5-1-2-6-18(17)22(25)29/h1-3,5-8,15-16H,4,9-14H2/t15-,16-/m0/s1. The Morgan fingerprint density at radius 1 is 0.968 bits per heavy atom. The van der Waals surface area contributed by atoms with Crippen LogP contribution in [0.1, 0.15) is 45.2 Å². The van der Waals surface area contributed by atoms with Crippen LogP contribution in [0.2, 0.25) is 0 Å². The number of nitrogens with zero attached hydrogens (tertiary/aromatic N) is 3. The van der Waals surface area contributed by atoms with Gasteiger partial charge in [0.2, 0.25) is 0 Å². The van der Waals surface area contributed by atoms with Crippen molar-refractivity contribution in [1.82, 2.24) is 14.4 Å². The third kappa shape index (κ3) is 3.72. The number of thioether (sulfide) groups is 1. The summed E-state index contributed by atoms with van der Waals surface area (Å²) in [5.74, 6) is 1.12. The summed E-state index contributed by atoms with van der Waals surface area (Å²) in [5.41, 5.74) is 2.20. The molecule has 2 bridgehead atoms. The molecular formula is C23H23N3O3S2. The molecule has 2 atom stereocenters. The van der Waals surface area contributed by atoms with Gasteiger partial charge in [-0.05, 0) is 37.0 Å². The molecular weight excluding hydrogens is 430 g/mol. The van der Waals surface area contributed by atoms with Crippen molar-refractivity contribution in [2.45, 2.75) is 25.3 Å². The molecule has 0 radical (unpaired) electrons. The van der Waals surface area contributed by atoms with E-state index in [2.05, 4.69) is 11.0 Å². The van der Waals surface area contributed by atoms with E-state index in [-0.39, 0.29) is 17.4 Å². The van der Waals surface area contributed by atoms with Gasteiger partial charge in [-0.2, -0.15) is 0 Å². The molecule has 0 spiro atoms. The van der Waals surface area contributed by atoms with E-state index >= 15 is 0 Å². The minimum absolute atomic E-state index is 0.0887. The van der Waals surface area contributed by atoms with Crippen molar-refractivity contribution in [3.63, 3.8) is 0 Å². The molecule has 0 unspecified atom stereocenters. The molecule has 5 rings (SSSR count). The number of aromatic nitrogens is 1. The van der Waals surface area contributed by atoms with Gasteiger partial charge in [-0.1, -0.05) is 42.2 Å². The van der Waals surface area contributed by atoms with Crippen molar-refractivity contribution in [3.8, 4) is 0 Å². The fraction of sp³-hybridized carbons (Fsp3) is 0.391. The van der Waals surface area contributed by atoms with Gasteiger partial charge in [0.25, 0.3) is 17.4 Å². The summed E-state index contributed by atoms with van der Waals surface area (Å²) in [6.07, 6.45) is 1.81. The van der Waals surface area contributed by atoms with Crippen LogP contribution in [-0.2, 0) is 6.54 Å². The molecule has 0 saturated carbocycles. The highest BCUT2D eigenvalue weighted by Crippen LogP contribution is 2.36. The first-order valence-corrected chi connectivity index (χ1v) is 12.0. The molecule has 1 fully saturated rings. The number of carbonyl (C=O) groups is 2.